The molecule has 0 aliphatic heterocycles. The fourth-order valence-electron chi connectivity index (χ4n) is 5.46. The third kappa shape index (κ3) is 3.01. The molecule has 0 spiro atoms. The van der Waals surface area contributed by atoms with Crippen LogP contribution < -0.4 is 0 Å². The van der Waals surface area contributed by atoms with Crippen molar-refractivity contribution in [3.8, 4) is 5.75 Å². The molecule has 0 radical (unpaired) electrons. The summed E-state index contributed by atoms with van der Waals surface area (Å²) in [6.45, 7) is 5.91. The van der Waals surface area contributed by atoms with Crippen molar-refractivity contribution in [3.05, 3.63) is 29.3 Å². The van der Waals surface area contributed by atoms with Gasteiger partial charge in [-0.05, 0) is 80.0 Å². The number of carbonyl (C=O) groups is 2. The second kappa shape index (κ2) is 6.34. The normalized spacial score (nSPS) is 32.6. The number of aryl methyl sites for hydroxylation is 2. The number of phenols is 1. The Kier molecular flexibility index (Phi) is 4.54. The molecule has 24 heavy (non-hydrogen) atoms. The van der Waals surface area contributed by atoms with Crippen molar-refractivity contribution >= 4 is 11.6 Å². The molecular weight excluding hydrogens is 300 g/mol. The van der Waals surface area contributed by atoms with Crippen molar-refractivity contribution in [1.82, 2.24) is 0 Å². The highest BCUT2D eigenvalue weighted by molar-refractivity contribution is 5.84. The topological polar surface area (TPSA) is 54.4 Å². The largest absolute Gasteiger partial charge is 0.508 e. The van der Waals surface area contributed by atoms with Crippen molar-refractivity contribution in [3.63, 3.8) is 0 Å². The second-order valence-corrected chi connectivity index (χ2v) is 8.18. The quantitative estimate of drug-likeness (QED) is 0.899. The average Bonchev–Trinajstić information content (AvgIpc) is 2.84. The Hall–Kier alpha value is -1.64. The summed E-state index contributed by atoms with van der Waals surface area (Å²) in [6, 6.07) is 5.50. The molecule has 3 rings (SSSR count). The van der Waals surface area contributed by atoms with E-state index >= 15 is 0 Å². The highest BCUT2D eigenvalue weighted by Crippen LogP contribution is 2.57. The van der Waals surface area contributed by atoms with E-state index < -0.39 is 0 Å². The molecule has 0 bridgehead atoms. The lowest BCUT2D eigenvalue weighted by molar-refractivity contribution is -0.133. The molecule has 2 saturated carbocycles. The van der Waals surface area contributed by atoms with Crippen LogP contribution in [0.4, 0.5) is 0 Å². The summed E-state index contributed by atoms with van der Waals surface area (Å²) in [4.78, 5) is 24.4. The van der Waals surface area contributed by atoms with Crippen LogP contribution in [0.3, 0.4) is 0 Å². The summed E-state index contributed by atoms with van der Waals surface area (Å²) in [6.07, 6.45) is 5.08. The van der Waals surface area contributed by atoms with Crippen LogP contribution in [-0.4, -0.2) is 16.7 Å². The number of benzene rings is 1. The average molecular weight is 328 g/mol. The number of Topliss-reactive ketones (excluding diaryl/α,β-unsaturated/α-hetero) is 2. The number of hydrogen-bond acceptors (Lipinski definition) is 3. The Bertz CT molecular complexity index is 663. The highest BCUT2D eigenvalue weighted by Gasteiger charge is 2.54. The molecule has 3 heteroatoms. The Morgan fingerprint density at radius 1 is 1.33 bits per heavy atom. The van der Waals surface area contributed by atoms with Gasteiger partial charge in [-0.3, -0.25) is 9.59 Å². The molecule has 0 saturated heterocycles. The summed E-state index contributed by atoms with van der Waals surface area (Å²) < 4.78 is 0. The van der Waals surface area contributed by atoms with E-state index in [1.165, 1.54) is 5.56 Å². The standard InChI is InChI=1S/C21H28O3/c1-13-4-7-17(23)10-15(13)5-6-16-11-18(24)12-21(3)19(14(2)22)8-9-20(16)21/h4,7,10,16,19-20,23H,5-6,8-9,11-12H2,1-3H3. The molecule has 2 fully saturated rings. The van der Waals surface area contributed by atoms with Crippen LogP contribution in [0.5, 0.6) is 5.75 Å². The van der Waals surface area contributed by atoms with Crippen LogP contribution in [0.1, 0.15) is 57.1 Å². The minimum absolute atomic E-state index is 0.0526. The fraction of sp³-hybridized carbons (Fsp3) is 0.619. The van der Waals surface area contributed by atoms with E-state index in [9.17, 15) is 14.7 Å². The van der Waals surface area contributed by atoms with Gasteiger partial charge in [-0.2, -0.15) is 0 Å². The summed E-state index contributed by atoms with van der Waals surface area (Å²) >= 11 is 0. The van der Waals surface area contributed by atoms with Gasteiger partial charge < -0.3 is 5.11 Å². The van der Waals surface area contributed by atoms with E-state index in [-0.39, 0.29) is 17.1 Å². The van der Waals surface area contributed by atoms with Gasteiger partial charge in [0.15, 0.2) is 0 Å². The Morgan fingerprint density at radius 3 is 2.79 bits per heavy atom. The molecule has 0 amide bonds. The molecule has 4 atom stereocenters. The molecule has 2 aliphatic carbocycles. The van der Waals surface area contributed by atoms with Crippen LogP contribution in [0.25, 0.3) is 0 Å². The van der Waals surface area contributed by atoms with E-state index in [2.05, 4.69) is 13.8 Å². The predicted octanol–water partition coefficient (Wildman–Crippen LogP) is 4.23. The van der Waals surface area contributed by atoms with Gasteiger partial charge in [-0.15, -0.1) is 0 Å². The van der Waals surface area contributed by atoms with E-state index in [1.54, 1.807) is 13.0 Å². The van der Waals surface area contributed by atoms with Gasteiger partial charge in [0.1, 0.15) is 17.3 Å². The number of ketones is 2. The number of carbonyl (C=O) groups excluding carboxylic acids is 2. The van der Waals surface area contributed by atoms with Crippen LogP contribution in [0, 0.1) is 30.1 Å². The summed E-state index contributed by atoms with van der Waals surface area (Å²) in [5, 5.41) is 9.71. The number of rotatable bonds is 4. The predicted molar refractivity (Wildman–Crippen MR) is 93.9 cm³/mol. The van der Waals surface area contributed by atoms with Crippen molar-refractivity contribution in [2.24, 2.45) is 23.2 Å². The van der Waals surface area contributed by atoms with Crippen molar-refractivity contribution in [1.29, 1.82) is 0 Å². The monoisotopic (exact) mass is 328 g/mol. The van der Waals surface area contributed by atoms with Crippen molar-refractivity contribution in [2.45, 2.75) is 59.3 Å². The SMILES string of the molecule is CC(=O)C1CCC2C(CCc3cc(O)ccc3C)CC(=O)CC12C. The van der Waals surface area contributed by atoms with E-state index in [0.29, 0.717) is 36.2 Å². The first-order valence-electron chi connectivity index (χ1n) is 9.12. The molecule has 3 nitrogen and oxygen atoms in total. The van der Waals surface area contributed by atoms with Crippen molar-refractivity contribution in [2.75, 3.05) is 0 Å². The maximum Gasteiger partial charge on any atom is 0.133 e. The number of fused-ring (bicyclic) bond motifs is 1. The van der Waals surface area contributed by atoms with E-state index in [4.69, 9.17) is 0 Å². The van der Waals surface area contributed by atoms with Crippen LogP contribution in [-0.2, 0) is 16.0 Å². The zero-order chi connectivity index (χ0) is 17.5. The third-order valence-corrected chi connectivity index (χ3v) is 6.65. The summed E-state index contributed by atoms with van der Waals surface area (Å²) in [5.41, 5.74) is 2.21. The Balaban J connectivity index is 1.77. The van der Waals surface area contributed by atoms with Crippen LogP contribution in [0.15, 0.2) is 18.2 Å². The van der Waals surface area contributed by atoms with Crippen molar-refractivity contribution < 1.29 is 14.7 Å². The van der Waals surface area contributed by atoms with Gasteiger partial charge in [0, 0.05) is 18.8 Å². The summed E-state index contributed by atoms with van der Waals surface area (Å²) in [5.74, 6) is 1.76. The second-order valence-electron chi connectivity index (χ2n) is 8.18. The van der Waals surface area contributed by atoms with E-state index in [1.807, 2.05) is 12.1 Å². The molecule has 1 aromatic rings. The fourth-order valence-corrected chi connectivity index (χ4v) is 5.46. The Morgan fingerprint density at radius 2 is 2.08 bits per heavy atom. The number of phenolic OH excluding ortho intramolecular Hbond substituents is 1. The smallest absolute Gasteiger partial charge is 0.133 e. The highest BCUT2D eigenvalue weighted by atomic mass is 16.3. The molecular formula is C21H28O3. The first kappa shape index (κ1) is 17.2. The molecule has 130 valence electrons. The summed E-state index contributed by atoms with van der Waals surface area (Å²) in [7, 11) is 0. The lowest BCUT2D eigenvalue weighted by Crippen LogP contribution is -2.42. The maximum atomic E-state index is 12.4. The van der Waals surface area contributed by atoms with E-state index in [0.717, 1.165) is 31.2 Å². The molecule has 0 aromatic heterocycles. The minimum Gasteiger partial charge on any atom is -0.508 e. The molecule has 2 aliphatic rings. The number of hydrogen-bond donors (Lipinski definition) is 1. The molecule has 1 aromatic carbocycles. The van der Waals surface area contributed by atoms with Gasteiger partial charge in [0.05, 0.1) is 0 Å². The zero-order valence-corrected chi connectivity index (χ0v) is 15.0. The lowest BCUT2D eigenvalue weighted by Gasteiger charge is -2.43. The van der Waals surface area contributed by atoms with Gasteiger partial charge in [-0.1, -0.05) is 13.0 Å². The van der Waals surface area contributed by atoms with Gasteiger partial charge in [0.2, 0.25) is 0 Å². The molecule has 4 unspecified atom stereocenters. The number of aromatic hydroxyl groups is 1. The zero-order valence-electron chi connectivity index (χ0n) is 15.0. The first-order chi connectivity index (χ1) is 11.3. The maximum absolute atomic E-state index is 12.4. The van der Waals surface area contributed by atoms with Gasteiger partial charge in [0.25, 0.3) is 0 Å². The first-order valence-corrected chi connectivity index (χ1v) is 9.12. The lowest BCUT2D eigenvalue weighted by atomic mass is 9.59. The minimum atomic E-state index is -0.139. The Labute approximate surface area is 144 Å². The molecule has 1 N–H and O–H groups in total. The van der Waals surface area contributed by atoms with Gasteiger partial charge in [-0.25, -0.2) is 0 Å². The van der Waals surface area contributed by atoms with Crippen LogP contribution >= 0.6 is 0 Å². The molecule has 0 heterocycles. The van der Waals surface area contributed by atoms with Gasteiger partial charge >= 0.3 is 0 Å². The van der Waals surface area contributed by atoms with Crippen LogP contribution in [0.2, 0.25) is 0 Å². The third-order valence-electron chi connectivity index (χ3n) is 6.65.